The van der Waals surface area contributed by atoms with Crippen LogP contribution in [0, 0.1) is 6.92 Å². The van der Waals surface area contributed by atoms with Crippen molar-refractivity contribution in [2.75, 3.05) is 5.73 Å². The third-order valence-corrected chi connectivity index (χ3v) is 3.64. The maximum Gasteiger partial charge on any atom is 0.258 e. The van der Waals surface area contributed by atoms with Gasteiger partial charge in [-0.2, -0.15) is 4.98 Å². The Balaban J connectivity index is 1.99. The zero-order chi connectivity index (χ0) is 14.1. The van der Waals surface area contributed by atoms with Gasteiger partial charge in [-0.15, -0.1) is 0 Å². The van der Waals surface area contributed by atoms with Crippen molar-refractivity contribution in [1.29, 1.82) is 0 Å². The van der Waals surface area contributed by atoms with Gasteiger partial charge in [0.1, 0.15) is 0 Å². The number of nitrogens with two attached hydrogens (primary N) is 1. The van der Waals surface area contributed by atoms with Crippen molar-refractivity contribution in [3.05, 3.63) is 52.5 Å². The summed E-state index contributed by atoms with van der Waals surface area (Å²) in [7, 11) is 0. The molecule has 0 fully saturated rings. The van der Waals surface area contributed by atoms with E-state index in [1.165, 1.54) is 0 Å². The van der Waals surface area contributed by atoms with Crippen LogP contribution in [0.5, 0.6) is 0 Å². The predicted molar refractivity (Wildman–Crippen MR) is 82.0 cm³/mol. The summed E-state index contributed by atoms with van der Waals surface area (Å²) in [6, 6.07) is 13.5. The maximum absolute atomic E-state index is 5.77. The largest absolute Gasteiger partial charge is 0.398 e. The first-order valence-electron chi connectivity index (χ1n) is 6.09. The summed E-state index contributed by atoms with van der Waals surface area (Å²) in [6.07, 6.45) is 0. The number of halogens is 1. The van der Waals surface area contributed by atoms with E-state index in [0.717, 1.165) is 21.2 Å². The van der Waals surface area contributed by atoms with Gasteiger partial charge in [0.25, 0.3) is 5.89 Å². The summed E-state index contributed by atoms with van der Waals surface area (Å²) in [5.74, 6) is 1.05. The van der Waals surface area contributed by atoms with E-state index < -0.39 is 0 Å². The molecule has 100 valence electrons. The summed E-state index contributed by atoms with van der Waals surface area (Å²) in [4.78, 5) is 4.42. The van der Waals surface area contributed by atoms with Crippen LogP contribution in [-0.4, -0.2) is 10.1 Å². The van der Waals surface area contributed by atoms with Gasteiger partial charge >= 0.3 is 0 Å². The number of aromatic nitrogens is 2. The van der Waals surface area contributed by atoms with Gasteiger partial charge in [0.05, 0.1) is 0 Å². The van der Waals surface area contributed by atoms with E-state index in [9.17, 15) is 0 Å². The maximum atomic E-state index is 5.77. The highest BCUT2D eigenvalue weighted by atomic mass is 79.9. The normalized spacial score (nSPS) is 10.7. The summed E-state index contributed by atoms with van der Waals surface area (Å²) in [5.41, 5.74) is 9.37. The van der Waals surface area contributed by atoms with Crippen LogP contribution in [-0.2, 0) is 0 Å². The number of nitrogen functional groups attached to an aromatic ring is 1. The number of hydrogen-bond acceptors (Lipinski definition) is 4. The number of hydrogen-bond donors (Lipinski definition) is 1. The average molecular weight is 330 g/mol. The lowest BCUT2D eigenvalue weighted by atomic mass is 10.1. The van der Waals surface area contributed by atoms with Crippen molar-refractivity contribution >= 4 is 21.6 Å². The molecular weight excluding hydrogens is 318 g/mol. The first-order valence-corrected chi connectivity index (χ1v) is 6.89. The average Bonchev–Trinajstić information content (AvgIpc) is 2.92. The molecular formula is C15H12BrN3O. The van der Waals surface area contributed by atoms with Crippen molar-refractivity contribution in [1.82, 2.24) is 10.1 Å². The Morgan fingerprint density at radius 1 is 1.10 bits per heavy atom. The summed E-state index contributed by atoms with van der Waals surface area (Å²) in [6.45, 7) is 2.03. The molecule has 0 atom stereocenters. The van der Waals surface area contributed by atoms with E-state index in [1.807, 2.05) is 43.3 Å². The summed E-state index contributed by atoms with van der Waals surface area (Å²) < 4.78 is 6.13. The predicted octanol–water partition coefficient (Wildman–Crippen LogP) is 4.06. The molecule has 0 unspecified atom stereocenters. The Hall–Kier alpha value is -2.14. The Kier molecular flexibility index (Phi) is 3.28. The second kappa shape index (κ2) is 5.09. The lowest BCUT2D eigenvalue weighted by Gasteiger charge is -1.99. The van der Waals surface area contributed by atoms with Crippen molar-refractivity contribution in [3.8, 4) is 22.8 Å². The molecule has 2 aromatic carbocycles. The number of rotatable bonds is 2. The zero-order valence-corrected chi connectivity index (χ0v) is 12.4. The van der Waals surface area contributed by atoms with Crippen LogP contribution in [0.2, 0.25) is 0 Å². The van der Waals surface area contributed by atoms with Crippen LogP contribution in [0.15, 0.2) is 51.5 Å². The van der Waals surface area contributed by atoms with Gasteiger partial charge < -0.3 is 10.3 Å². The van der Waals surface area contributed by atoms with Crippen molar-refractivity contribution in [2.24, 2.45) is 0 Å². The SMILES string of the molecule is Cc1cccc(-c2noc(-c3ccc(N)c(Br)c3)n2)c1. The molecule has 0 amide bonds. The molecule has 3 rings (SSSR count). The number of aryl methyl sites for hydroxylation is 1. The zero-order valence-electron chi connectivity index (χ0n) is 10.8. The highest BCUT2D eigenvalue weighted by Gasteiger charge is 2.11. The van der Waals surface area contributed by atoms with Gasteiger partial charge in [-0.05, 0) is 47.1 Å². The molecule has 0 bridgehead atoms. The van der Waals surface area contributed by atoms with Gasteiger partial charge in [0, 0.05) is 21.3 Å². The van der Waals surface area contributed by atoms with Crippen molar-refractivity contribution < 1.29 is 4.52 Å². The lowest BCUT2D eigenvalue weighted by Crippen LogP contribution is -1.87. The second-order valence-corrected chi connectivity index (χ2v) is 5.38. The minimum Gasteiger partial charge on any atom is -0.398 e. The summed E-state index contributed by atoms with van der Waals surface area (Å²) >= 11 is 3.39. The van der Waals surface area contributed by atoms with Gasteiger partial charge in [-0.3, -0.25) is 0 Å². The third kappa shape index (κ3) is 2.44. The topological polar surface area (TPSA) is 64.9 Å². The van der Waals surface area contributed by atoms with Crippen LogP contribution in [0.1, 0.15) is 5.56 Å². The second-order valence-electron chi connectivity index (χ2n) is 4.53. The van der Waals surface area contributed by atoms with E-state index in [0.29, 0.717) is 17.4 Å². The fraction of sp³-hybridized carbons (Fsp3) is 0.0667. The molecule has 0 spiro atoms. The molecule has 1 heterocycles. The smallest absolute Gasteiger partial charge is 0.258 e. The molecule has 0 radical (unpaired) electrons. The Morgan fingerprint density at radius 3 is 2.70 bits per heavy atom. The quantitative estimate of drug-likeness (QED) is 0.720. The standard InChI is InChI=1S/C15H12BrN3O/c1-9-3-2-4-10(7-9)14-18-15(20-19-14)11-5-6-13(17)12(16)8-11/h2-8H,17H2,1H3. The van der Waals surface area contributed by atoms with Crippen LogP contribution >= 0.6 is 15.9 Å². The van der Waals surface area contributed by atoms with E-state index in [4.69, 9.17) is 10.3 Å². The van der Waals surface area contributed by atoms with E-state index in [2.05, 4.69) is 26.1 Å². The molecule has 3 aromatic rings. The first-order chi connectivity index (χ1) is 9.63. The number of nitrogens with zero attached hydrogens (tertiary/aromatic N) is 2. The van der Waals surface area contributed by atoms with E-state index >= 15 is 0 Å². The molecule has 0 aliphatic rings. The minimum atomic E-state index is 0.474. The van der Waals surface area contributed by atoms with Gasteiger partial charge in [-0.25, -0.2) is 0 Å². The third-order valence-electron chi connectivity index (χ3n) is 2.95. The van der Waals surface area contributed by atoms with Crippen LogP contribution in [0.4, 0.5) is 5.69 Å². The Morgan fingerprint density at radius 2 is 1.95 bits per heavy atom. The van der Waals surface area contributed by atoms with Crippen LogP contribution < -0.4 is 5.73 Å². The van der Waals surface area contributed by atoms with Crippen molar-refractivity contribution in [2.45, 2.75) is 6.92 Å². The van der Waals surface area contributed by atoms with Crippen molar-refractivity contribution in [3.63, 3.8) is 0 Å². The molecule has 5 heteroatoms. The molecule has 0 aliphatic carbocycles. The van der Waals surface area contributed by atoms with Gasteiger partial charge in [0.2, 0.25) is 5.82 Å². The summed E-state index contributed by atoms with van der Waals surface area (Å²) in [5, 5.41) is 4.02. The number of anilines is 1. The van der Waals surface area contributed by atoms with Crippen LogP contribution in [0.25, 0.3) is 22.8 Å². The van der Waals surface area contributed by atoms with Gasteiger partial charge in [0.15, 0.2) is 0 Å². The fourth-order valence-corrected chi connectivity index (χ4v) is 2.28. The highest BCUT2D eigenvalue weighted by Crippen LogP contribution is 2.28. The molecule has 0 saturated carbocycles. The molecule has 1 aromatic heterocycles. The molecule has 20 heavy (non-hydrogen) atoms. The lowest BCUT2D eigenvalue weighted by molar-refractivity contribution is 0.432. The minimum absolute atomic E-state index is 0.474. The molecule has 4 nitrogen and oxygen atoms in total. The fourth-order valence-electron chi connectivity index (χ4n) is 1.90. The molecule has 2 N–H and O–H groups in total. The Bertz CT molecular complexity index is 767. The Labute approximate surface area is 124 Å². The first kappa shape index (κ1) is 12.9. The highest BCUT2D eigenvalue weighted by molar-refractivity contribution is 9.10. The van der Waals surface area contributed by atoms with Crippen LogP contribution in [0.3, 0.4) is 0 Å². The number of benzene rings is 2. The monoisotopic (exact) mass is 329 g/mol. The van der Waals surface area contributed by atoms with Gasteiger partial charge in [-0.1, -0.05) is 28.9 Å². The van der Waals surface area contributed by atoms with E-state index in [1.54, 1.807) is 6.07 Å². The molecule has 0 aliphatic heterocycles. The molecule has 0 saturated heterocycles. The van der Waals surface area contributed by atoms with E-state index in [-0.39, 0.29) is 0 Å².